The third kappa shape index (κ3) is 4.95. The Kier molecular flexibility index (Phi) is 6.06. The van der Waals surface area contributed by atoms with Crippen LogP contribution in [0.15, 0.2) is 53.4 Å². The summed E-state index contributed by atoms with van der Waals surface area (Å²) in [6.45, 7) is 1.87. The van der Waals surface area contributed by atoms with Gasteiger partial charge in [-0.25, -0.2) is 17.8 Å². The molecule has 0 atom stereocenters. The Bertz CT molecular complexity index is 1150. The number of hydrogen-bond donors (Lipinski definition) is 2. The van der Waals surface area contributed by atoms with Crippen molar-refractivity contribution in [3.63, 3.8) is 0 Å². The van der Waals surface area contributed by atoms with Crippen molar-refractivity contribution in [3.05, 3.63) is 60.0 Å². The fourth-order valence-corrected chi connectivity index (χ4v) is 3.90. The molecule has 0 fully saturated rings. The van der Waals surface area contributed by atoms with Gasteiger partial charge in [0, 0.05) is 37.2 Å². The number of aryl methyl sites for hydroxylation is 1. The van der Waals surface area contributed by atoms with Gasteiger partial charge in [-0.1, -0.05) is 0 Å². The van der Waals surface area contributed by atoms with Crippen LogP contribution in [0.3, 0.4) is 0 Å². The van der Waals surface area contributed by atoms with Gasteiger partial charge in [0.25, 0.3) is 10.0 Å². The fraction of sp³-hybridized carbons (Fsp3) is 0.200. The third-order valence-electron chi connectivity index (χ3n) is 4.11. The number of ether oxygens (including phenoxy) is 1. The number of sulfonamides is 1. The Morgan fingerprint density at radius 2 is 1.67 bits per heavy atom. The lowest BCUT2D eigenvalue weighted by Gasteiger charge is -2.14. The highest BCUT2D eigenvalue weighted by molar-refractivity contribution is 7.92. The van der Waals surface area contributed by atoms with Crippen molar-refractivity contribution in [1.82, 2.24) is 9.97 Å². The van der Waals surface area contributed by atoms with Gasteiger partial charge in [-0.15, -0.1) is 0 Å². The minimum absolute atomic E-state index is 0.0514. The van der Waals surface area contributed by atoms with Crippen LogP contribution in [0.5, 0.6) is 5.75 Å². The number of halogens is 1. The smallest absolute Gasteiger partial charge is 0.265 e. The summed E-state index contributed by atoms with van der Waals surface area (Å²) in [5.74, 6) is 0.566. The van der Waals surface area contributed by atoms with Gasteiger partial charge in [-0.3, -0.25) is 4.72 Å². The van der Waals surface area contributed by atoms with E-state index in [-0.39, 0.29) is 10.6 Å². The van der Waals surface area contributed by atoms with Gasteiger partial charge in [0.05, 0.1) is 7.11 Å². The maximum atomic E-state index is 13.5. The molecule has 0 bridgehead atoms. The summed E-state index contributed by atoms with van der Waals surface area (Å²) in [4.78, 5) is 10.4. The number of nitrogens with one attached hydrogen (secondary N) is 2. The highest BCUT2D eigenvalue weighted by atomic mass is 32.2. The zero-order valence-electron chi connectivity index (χ0n) is 17.0. The average Bonchev–Trinajstić information content (AvgIpc) is 2.69. The Hall–Kier alpha value is -3.40. The normalized spacial score (nSPS) is 11.1. The van der Waals surface area contributed by atoms with Crippen molar-refractivity contribution in [3.8, 4) is 5.75 Å². The zero-order valence-corrected chi connectivity index (χ0v) is 17.8. The lowest BCUT2D eigenvalue weighted by atomic mass is 10.3. The van der Waals surface area contributed by atoms with Crippen LogP contribution in [0.1, 0.15) is 5.69 Å². The summed E-state index contributed by atoms with van der Waals surface area (Å²) in [6.07, 6.45) is 0. The quantitative estimate of drug-likeness (QED) is 0.591. The lowest BCUT2D eigenvalue weighted by molar-refractivity contribution is 0.401. The van der Waals surface area contributed by atoms with Crippen LogP contribution < -0.4 is 19.7 Å². The van der Waals surface area contributed by atoms with E-state index in [2.05, 4.69) is 20.0 Å². The van der Waals surface area contributed by atoms with Crippen molar-refractivity contribution >= 4 is 33.2 Å². The molecule has 0 radical (unpaired) electrons. The lowest BCUT2D eigenvalue weighted by Crippen LogP contribution is -2.14. The molecule has 1 aromatic heterocycles. The summed E-state index contributed by atoms with van der Waals surface area (Å²) in [5.41, 5.74) is 1.80. The molecule has 0 amide bonds. The Morgan fingerprint density at radius 1 is 1.00 bits per heavy atom. The van der Waals surface area contributed by atoms with E-state index >= 15 is 0 Å². The summed E-state index contributed by atoms with van der Waals surface area (Å²) in [6, 6.07) is 11.7. The molecule has 0 aliphatic heterocycles. The Balaban J connectivity index is 1.79. The van der Waals surface area contributed by atoms with E-state index in [0.29, 0.717) is 17.3 Å². The van der Waals surface area contributed by atoms with E-state index in [1.165, 1.54) is 13.2 Å². The van der Waals surface area contributed by atoms with E-state index in [1.54, 1.807) is 24.3 Å². The number of benzene rings is 2. The molecule has 30 heavy (non-hydrogen) atoms. The predicted octanol–water partition coefficient (Wildman–Crippen LogP) is 3.54. The van der Waals surface area contributed by atoms with E-state index in [4.69, 9.17) is 4.74 Å². The minimum atomic E-state index is -4.04. The second-order valence-electron chi connectivity index (χ2n) is 6.69. The van der Waals surface area contributed by atoms with E-state index in [1.807, 2.05) is 32.0 Å². The van der Waals surface area contributed by atoms with Crippen LogP contribution in [0.25, 0.3) is 0 Å². The van der Waals surface area contributed by atoms with Crippen molar-refractivity contribution in [2.24, 2.45) is 0 Å². The number of rotatable bonds is 7. The monoisotopic (exact) mass is 431 g/mol. The first-order valence-electron chi connectivity index (χ1n) is 8.94. The number of nitrogens with zero attached hydrogens (tertiary/aromatic N) is 3. The first kappa shape index (κ1) is 21.3. The van der Waals surface area contributed by atoms with Gasteiger partial charge >= 0.3 is 0 Å². The van der Waals surface area contributed by atoms with Gasteiger partial charge in [-0.2, -0.15) is 4.98 Å². The first-order chi connectivity index (χ1) is 14.2. The number of methoxy groups -OCH3 is 1. The van der Waals surface area contributed by atoms with Gasteiger partial charge in [-0.05, 0) is 49.4 Å². The third-order valence-corrected chi connectivity index (χ3v) is 5.51. The Morgan fingerprint density at radius 3 is 2.30 bits per heavy atom. The number of hydrogen-bond acceptors (Lipinski definition) is 7. The van der Waals surface area contributed by atoms with E-state index in [0.717, 1.165) is 23.6 Å². The number of anilines is 4. The van der Waals surface area contributed by atoms with Crippen LogP contribution in [0.2, 0.25) is 0 Å². The molecule has 2 aromatic carbocycles. The molecular weight excluding hydrogens is 409 g/mol. The van der Waals surface area contributed by atoms with Crippen molar-refractivity contribution in [2.45, 2.75) is 11.8 Å². The highest BCUT2D eigenvalue weighted by Crippen LogP contribution is 2.27. The molecule has 0 aliphatic rings. The maximum Gasteiger partial charge on any atom is 0.265 e. The Labute approximate surface area is 174 Å². The van der Waals surface area contributed by atoms with Crippen LogP contribution >= 0.6 is 0 Å². The summed E-state index contributed by atoms with van der Waals surface area (Å²) < 4.78 is 46.3. The van der Waals surface area contributed by atoms with Crippen molar-refractivity contribution < 1.29 is 17.5 Å². The zero-order chi connectivity index (χ0) is 21.9. The first-order valence-corrected chi connectivity index (χ1v) is 10.4. The standard InChI is InChI=1S/C20H22FN5O3S/c1-13-11-19(26(2)3)24-20(22-13)23-15-6-8-16(9-7-15)25-30(27,28)18-12-14(21)5-10-17(18)29-4/h5-12,25H,1-4H3,(H,22,23,24). The molecule has 0 aliphatic carbocycles. The average molecular weight is 431 g/mol. The van der Waals surface area contributed by atoms with Gasteiger partial charge in [0.15, 0.2) is 0 Å². The van der Waals surface area contributed by atoms with Crippen LogP contribution in [0.4, 0.5) is 27.5 Å². The van der Waals surface area contributed by atoms with Crippen LogP contribution in [-0.4, -0.2) is 39.6 Å². The van der Waals surface area contributed by atoms with Crippen LogP contribution in [0, 0.1) is 12.7 Å². The molecule has 3 aromatic rings. The fourth-order valence-electron chi connectivity index (χ4n) is 2.66. The predicted molar refractivity (Wildman–Crippen MR) is 115 cm³/mol. The molecule has 0 saturated carbocycles. The molecule has 158 valence electrons. The van der Waals surface area contributed by atoms with Crippen molar-refractivity contribution in [2.75, 3.05) is 36.1 Å². The molecule has 0 spiro atoms. The molecule has 3 rings (SSSR count). The van der Waals surface area contributed by atoms with Crippen molar-refractivity contribution in [1.29, 1.82) is 0 Å². The van der Waals surface area contributed by atoms with E-state index < -0.39 is 15.8 Å². The molecule has 0 unspecified atom stereocenters. The molecular formula is C20H22FN5O3S. The minimum Gasteiger partial charge on any atom is -0.495 e. The SMILES string of the molecule is COc1ccc(F)cc1S(=O)(=O)Nc1ccc(Nc2nc(C)cc(N(C)C)n2)cc1. The molecule has 10 heteroatoms. The summed E-state index contributed by atoms with van der Waals surface area (Å²) >= 11 is 0. The van der Waals surface area contributed by atoms with Gasteiger partial charge in [0.1, 0.15) is 22.3 Å². The second kappa shape index (κ2) is 8.54. The molecule has 1 heterocycles. The molecule has 0 saturated heterocycles. The molecule has 8 nitrogen and oxygen atoms in total. The van der Waals surface area contributed by atoms with Gasteiger partial charge in [0.2, 0.25) is 5.95 Å². The molecule has 2 N–H and O–H groups in total. The summed E-state index contributed by atoms with van der Waals surface area (Å²) in [7, 11) is 1.06. The van der Waals surface area contributed by atoms with Gasteiger partial charge < -0.3 is 15.0 Å². The van der Waals surface area contributed by atoms with E-state index in [9.17, 15) is 12.8 Å². The second-order valence-corrected chi connectivity index (χ2v) is 8.34. The highest BCUT2D eigenvalue weighted by Gasteiger charge is 2.20. The maximum absolute atomic E-state index is 13.5. The number of aromatic nitrogens is 2. The van der Waals surface area contributed by atoms with Crippen LogP contribution in [-0.2, 0) is 10.0 Å². The topological polar surface area (TPSA) is 96.5 Å². The summed E-state index contributed by atoms with van der Waals surface area (Å²) in [5, 5.41) is 3.09. The largest absolute Gasteiger partial charge is 0.495 e.